The molecule has 0 radical (unpaired) electrons. The largest absolute Gasteiger partial charge is 0.317 e. The number of aromatic nitrogens is 1. The summed E-state index contributed by atoms with van der Waals surface area (Å²) in [6, 6.07) is 8.93. The van der Waals surface area contributed by atoms with Crippen molar-refractivity contribution in [3.63, 3.8) is 0 Å². The van der Waals surface area contributed by atoms with Crippen LogP contribution in [0.5, 0.6) is 0 Å². The van der Waals surface area contributed by atoms with E-state index in [4.69, 9.17) is 4.98 Å². The number of nitrogens with zero attached hydrogens (tertiary/aromatic N) is 1. The fourth-order valence-corrected chi connectivity index (χ4v) is 4.18. The van der Waals surface area contributed by atoms with Crippen molar-refractivity contribution in [2.75, 3.05) is 7.05 Å². The summed E-state index contributed by atoms with van der Waals surface area (Å²) in [5.41, 5.74) is 1.54. The highest BCUT2D eigenvalue weighted by atomic mass is 32.1. The number of para-hydroxylation sites is 1. The molecule has 2 atom stereocenters. The maximum absolute atomic E-state index is 4.76. The van der Waals surface area contributed by atoms with Crippen LogP contribution in [0.25, 0.3) is 10.2 Å². The van der Waals surface area contributed by atoms with E-state index in [1.807, 2.05) is 11.3 Å². The summed E-state index contributed by atoms with van der Waals surface area (Å²) in [6.07, 6.45) is 3.51. The molecule has 0 saturated heterocycles. The number of likely N-dealkylation sites (N-methyl/N-ethyl adjacent to an activating group) is 1. The molecular formula is C18H28N2S. The van der Waals surface area contributed by atoms with Gasteiger partial charge in [-0.25, -0.2) is 4.98 Å². The van der Waals surface area contributed by atoms with E-state index in [0.29, 0.717) is 11.5 Å². The zero-order valence-corrected chi connectivity index (χ0v) is 14.8. The second-order valence-corrected chi connectivity index (χ2v) is 8.49. The third kappa shape index (κ3) is 5.08. The third-order valence-corrected chi connectivity index (χ3v) is 4.87. The molecule has 3 heteroatoms. The number of rotatable bonds is 6. The second kappa shape index (κ2) is 6.89. The predicted octanol–water partition coefficient (Wildman–Crippen LogP) is 4.89. The Labute approximate surface area is 133 Å². The van der Waals surface area contributed by atoms with Crippen LogP contribution >= 0.6 is 11.3 Å². The molecular weight excluding hydrogens is 276 g/mol. The van der Waals surface area contributed by atoms with Crippen LogP contribution in [0.1, 0.15) is 45.5 Å². The Balaban J connectivity index is 1.98. The summed E-state index contributed by atoms with van der Waals surface area (Å²) in [7, 11) is 2.07. The van der Waals surface area contributed by atoms with Gasteiger partial charge < -0.3 is 5.32 Å². The summed E-state index contributed by atoms with van der Waals surface area (Å²) in [4.78, 5) is 4.76. The Hall–Kier alpha value is -0.930. The molecule has 1 aromatic heterocycles. The minimum Gasteiger partial charge on any atom is -0.317 e. The topological polar surface area (TPSA) is 24.9 Å². The fourth-order valence-electron chi connectivity index (χ4n) is 3.14. The average molecular weight is 305 g/mol. The first-order chi connectivity index (χ1) is 9.87. The Morgan fingerprint density at radius 2 is 1.95 bits per heavy atom. The first kappa shape index (κ1) is 16.4. The normalized spacial score (nSPS) is 15.3. The maximum atomic E-state index is 4.76. The molecule has 1 N–H and O–H groups in total. The van der Waals surface area contributed by atoms with Gasteiger partial charge in [0.25, 0.3) is 0 Å². The monoisotopic (exact) mass is 304 g/mol. The molecule has 116 valence electrons. The summed E-state index contributed by atoms with van der Waals surface area (Å²) in [5, 5.41) is 4.73. The summed E-state index contributed by atoms with van der Waals surface area (Å²) in [5.74, 6) is 0.733. The minimum atomic E-state index is 0.410. The van der Waals surface area contributed by atoms with Crippen molar-refractivity contribution in [3.8, 4) is 0 Å². The molecule has 0 bridgehead atoms. The van der Waals surface area contributed by atoms with E-state index in [-0.39, 0.29) is 0 Å². The van der Waals surface area contributed by atoms with Crippen molar-refractivity contribution < 1.29 is 0 Å². The molecule has 0 fully saturated rings. The number of hydrogen-bond acceptors (Lipinski definition) is 3. The van der Waals surface area contributed by atoms with Gasteiger partial charge in [0.05, 0.1) is 15.2 Å². The number of thiazole rings is 1. The summed E-state index contributed by atoms with van der Waals surface area (Å²) >= 11 is 1.83. The molecule has 2 rings (SSSR count). The minimum absolute atomic E-state index is 0.410. The van der Waals surface area contributed by atoms with Crippen LogP contribution in [0.3, 0.4) is 0 Å². The standard InChI is InChI=1S/C18H28N2S/c1-13(12-18(2,3)4)10-14(19-5)11-17-20-15-8-6-7-9-16(15)21-17/h6-9,13-14,19H,10-12H2,1-5H3. The predicted molar refractivity (Wildman–Crippen MR) is 94.0 cm³/mol. The molecule has 2 aromatic rings. The molecule has 0 aliphatic heterocycles. The SMILES string of the molecule is CNC(Cc1nc2ccccc2s1)CC(C)CC(C)(C)C. The van der Waals surface area contributed by atoms with Crippen molar-refractivity contribution in [1.29, 1.82) is 0 Å². The molecule has 1 heterocycles. The Kier molecular flexibility index (Phi) is 5.39. The van der Waals surface area contributed by atoms with Gasteiger partial charge in [0.15, 0.2) is 0 Å². The van der Waals surface area contributed by atoms with E-state index in [0.717, 1.165) is 17.9 Å². The van der Waals surface area contributed by atoms with Crippen LogP contribution in [0, 0.1) is 11.3 Å². The number of hydrogen-bond donors (Lipinski definition) is 1. The van der Waals surface area contributed by atoms with E-state index in [1.54, 1.807) is 0 Å². The summed E-state index contributed by atoms with van der Waals surface area (Å²) < 4.78 is 1.30. The van der Waals surface area contributed by atoms with Crippen LogP contribution in [0.15, 0.2) is 24.3 Å². The molecule has 0 amide bonds. The lowest BCUT2D eigenvalue weighted by Gasteiger charge is -2.26. The molecule has 0 aliphatic carbocycles. The van der Waals surface area contributed by atoms with Crippen LogP contribution in [-0.2, 0) is 6.42 Å². The van der Waals surface area contributed by atoms with Crippen molar-refractivity contribution in [2.24, 2.45) is 11.3 Å². The Morgan fingerprint density at radius 3 is 2.57 bits per heavy atom. The smallest absolute Gasteiger partial charge is 0.0954 e. The third-order valence-electron chi connectivity index (χ3n) is 3.82. The van der Waals surface area contributed by atoms with Crippen LogP contribution in [0.4, 0.5) is 0 Å². The van der Waals surface area contributed by atoms with Crippen molar-refractivity contribution in [1.82, 2.24) is 10.3 Å². The zero-order valence-electron chi connectivity index (χ0n) is 13.9. The molecule has 0 spiro atoms. The van der Waals surface area contributed by atoms with Crippen LogP contribution in [-0.4, -0.2) is 18.1 Å². The zero-order chi connectivity index (χ0) is 15.5. The van der Waals surface area contributed by atoms with Gasteiger partial charge in [-0.2, -0.15) is 0 Å². The molecule has 2 nitrogen and oxygen atoms in total. The highest BCUT2D eigenvalue weighted by molar-refractivity contribution is 7.18. The Morgan fingerprint density at radius 1 is 1.24 bits per heavy atom. The first-order valence-electron chi connectivity index (χ1n) is 7.89. The molecule has 21 heavy (non-hydrogen) atoms. The van der Waals surface area contributed by atoms with E-state index >= 15 is 0 Å². The molecule has 1 aromatic carbocycles. The van der Waals surface area contributed by atoms with Gasteiger partial charge in [0, 0.05) is 12.5 Å². The summed E-state index contributed by atoms with van der Waals surface area (Å²) in [6.45, 7) is 9.34. The van der Waals surface area contributed by atoms with Crippen molar-refractivity contribution >= 4 is 21.6 Å². The number of benzene rings is 1. The van der Waals surface area contributed by atoms with Gasteiger partial charge in [-0.3, -0.25) is 0 Å². The van der Waals surface area contributed by atoms with Gasteiger partial charge in [-0.05, 0) is 43.4 Å². The van der Waals surface area contributed by atoms with E-state index in [1.165, 1.54) is 22.5 Å². The fraction of sp³-hybridized carbons (Fsp3) is 0.611. The molecule has 2 unspecified atom stereocenters. The van der Waals surface area contributed by atoms with Gasteiger partial charge in [-0.1, -0.05) is 39.8 Å². The first-order valence-corrected chi connectivity index (χ1v) is 8.71. The second-order valence-electron chi connectivity index (χ2n) is 7.37. The molecule has 0 aliphatic rings. The Bertz CT molecular complexity index is 535. The lowest BCUT2D eigenvalue weighted by molar-refractivity contribution is 0.277. The quantitative estimate of drug-likeness (QED) is 0.822. The molecule has 0 saturated carbocycles. The highest BCUT2D eigenvalue weighted by Gasteiger charge is 2.19. The van der Waals surface area contributed by atoms with Gasteiger partial charge in [0.2, 0.25) is 0 Å². The average Bonchev–Trinajstić information content (AvgIpc) is 2.77. The van der Waals surface area contributed by atoms with Gasteiger partial charge >= 0.3 is 0 Å². The highest BCUT2D eigenvalue weighted by Crippen LogP contribution is 2.28. The van der Waals surface area contributed by atoms with Gasteiger partial charge in [0.1, 0.15) is 0 Å². The van der Waals surface area contributed by atoms with Crippen molar-refractivity contribution in [2.45, 2.75) is 53.0 Å². The van der Waals surface area contributed by atoms with E-state index in [9.17, 15) is 0 Å². The number of nitrogens with one attached hydrogen (secondary N) is 1. The van der Waals surface area contributed by atoms with Crippen LogP contribution < -0.4 is 5.32 Å². The van der Waals surface area contributed by atoms with E-state index in [2.05, 4.69) is 64.3 Å². The van der Waals surface area contributed by atoms with Crippen molar-refractivity contribution in [3.05, 3.63) is 29.3 Å². The number of fused-ring (bicyclic) bond motifs is 1. The van der Waals surface area contributed by atoms with Gasteiger partial charge in [-0.15, -0.1) is 11.3 Å². The maximum Gasteiger partial charge on any atom is 0.0954 e. The lowest BCUT2D eigenvalue weighted by Crippen LogP contribution is -2.30. The van der Waals surface area contributed by atoms with Crippen LogP contribution in [0.2, 0.25) is 0 Å². The van der Waals surface area contributed by atoms with E-state index < -0.39 is 0 Å². The lowest BCUT2D eigenvalue weighted by atomic mass is 9.82.